The summed E-state index contributed by atoms with van der Waals surface area (Å²) >= 11 is 0. The van der Waals surface area contributed by atoms with Crippen LogP contribution in [0.15, 0.2) is 55.0 Å². The number of hydrogen-bond acceptors (Lipinski definition) is 6. The Labute approximate surface area is 151 Å². The molecule has 7 heteroatoms. The van der Waals surface area contributed by atoms with E-state index in [1.54, 1.807) is 12.4 Å². The number of nitrogens with zero attached hydrogens (tertiary/aromatic N) is 6. The summed E-state index contributed by atoms with van der Waals surface area (Å²) in [5, 5.41) is 0. The molecule has 132 valence electrons. The van der Waals surface area contributed by atoms with Crippen molar-refractivity contribution in [3.05, 3.63) is 60.8 Å². The van der Waals surface area contributed by atoms with Crippen LogP contribution in [0.5, 0.6) is 0 Å². The summed E-state index contributed by atoms with van der Waals surface area (Å²) < 4.78 is 13.1. The first kappa shape index (κ1) is 16.4. The Kier molecular flexibility index (Phi) is 4.43. The summed E-state index contributed by atoms with van der Waals surface area (Å²) in [6.45, 7) is 4.43. The van der Waals surface area contributed by atoms with Crippen LogP contribution in [-0.2, 0) is 0 Å². The maximum absolute atomic E-state index is 13.1. The Balaban J connectivity index is 1.52. The molecule has 1 fully saturated rings. The summed E-state index contributed by atoms with van der Waals surface area (Å²) in [7, 11) is 0. The van der Waals surface area contributed by atoms with E-state index in [2.05, 4.69) is 36.7 Å². The molecule has 1 saturated heterocycles. The van der Waals surface area contributed by atoms with E-state index in [1.165, 1.54) is 12.3 Å². The lowest BCUT2D eigenvalue weighted by molar-refractivity contribution is 0.535. The summed E-state index contributed by atoms with van der Waals surface area (Å²) in [6.07, 6.45) is 2.82. The Bertz CT molecular complexity index is 871. The van der Waals surface area contributed by atoms with Crippen molar-refractivity contribution < 1.29 is 4.39 Å². The average molecular weight is 350 g/mol. The number of halogens is 1. The van der Waals surface area contributed by atoms with E-state index in [0.29, 0.717) is 11.8 Å². The van der Waals surface area contributed by atoms with E-state index in [4.69, 9.17) is 0 Å². The van der Waals surface area contributed by atoms with Crippen LogP contribution in [0.25, 0.3) is 11.4 Å². The zero-order valence-electron chi connectivity index (χ0n) is 14.5. The van der Waals surface area contributed by atoms with Crippen molar-refractivity contribution >= 4 is 11.8 Å². The molecule has 0 aliphatic carbocycles. The van der Waals surface area contributed by atoms with Gasteiger partial charge in [0.2, 0.25) is 5.95 Å². The zero-order valence-corrected chi connectivity index (χ0v) is 14.5. The van der Waals surface area contributed by atoms with Gasteiger partial charge < -0.3 is 9.80 Å². The average Bonchev–Trinajstić information content (AvgIpc) is 2.69. The molecule has 0 bridgehead atoms. The molecule has 4 rings (SSSR count). The van der Waals surface area contributed by atoms with Gasteiger partial charge in [0.1, 0.15) is 18.0 Å². The van der Waals surface area contributed by atoms with Crippen LogP contribution in [-0.4, -0.2) is 45.6 Å². The maximum Gasteiger partial charge on any atom is 0.229 e. The third-order valence-electron chi connectivity index (χ3n) is 4.51. The van der Waals surface area contributed by atoms with Crippen LogP contribution < -0.4 is 9.80 Å². The molecule has 0 saturated carbocycles. The summed E-state index contributed by atoms with van der Waals surface area (Å²) in [4.78, 5) is 21.8. The second-order valence-electron chi connectivity index (χ2n) is 6.30. The van der Waals surface area contributed by atoms with Gasteiger partial charge in [-0.2, -0.15) is 4.98 Å². The first-order valence-corrected chi connectivity index (χ1v) is 8.58. The topological polar surface area (TPSA) is 58.0 Å². The molecule has 26 heavy (non-hydrogen) atoms. The fourth-order valence-corrected chi connectivity index (χ4v) is 3.17. The first-order chi connectivity index (χ1) is 12.7. The van der Waals surface area contributed by atoms with E-state index in [1.807, 2.05) is 30.3 Å². The quantitative estimate of drug-likeness (QED) is 0.724. The van der Waals surface area contributed by atoms with Crippen molar-refractivity contribution in [1.82, 2.24) is 19.9 Å². The molecule has 0 N–H and O–H groups in total. The molecule has 2 aromatic heterocycles. The van der Waals surface area contributed by atoms with Crippen LogP contribution >= 0.6 is 0 Å². The smallest absolute Gasteiger partial charge is 0.229 e. The maximum atomic E-state index is 13.1. The highest BCUT2D eigenvalue weighted by atomic mass is 19.1. The molecular formula is C19H19FN6. The molecular weight excluding hydrogens is 331 g/mol. The van der Waals surface area contributed by atoms with Gasteiger partial charge >= 0.3 is 0 Å². The van der Waals surface area contributed by atoms with Gasteiger partial charge in [0.05, 0.1) is 6.20 Å². The molecule has 1 unspecified atom stereocenters. The second kappa shape index (κ2) is 7.03. The third kappa shape index (κ3) is 3.33. The number of anilines is 2. The normalized spacial score (nSPS) is 17.4. The number of benzene rings is 1. The molecule has 0 spiro atoms. The first-order valence-electron chi connectivity index (χ1n) is 8.58. The number of pyridine rings is 1. The Morgan fingerprint density at radius 2 is 1.85 bits per heavy atom. The number of aromatic nitrogens is 4. The summed E-state index contributed by atoms with van der Waals surface area (Å²) in [6, 6.07) is 13.2. The van der Waals surface area contributed by atoms with Gasteiger partial charge in [-0.1, -0.05) is 30.3 Å². The second-order valence-corrected chi connectivity index (χ2v) is 6.30. The van der Waals surface area contributed by atoms with Crippen molar-refractivity contribution in [2.45, 2.75) is 13.0 Å². The van der Waals surface area contributed by atoms with E-state index in [0.717, 1.165) is 31.0 Å². The molecule has 0 radical (unpaired) electrons. The number of hydrogen-bond donors (Lipinski definition) is 0. The van der Waals surface area contributed by atoms with E-state index >= 15 is 0 Å². The lowest BCUT2D eigenvalue weighted by atomic mass is 10.2. The number of rotatable bonds is 3. The SMILES string of the molecule is CC1CN(c2ccc(F)cn2)CCN1c1ncnc(-c2ccccc2)n1. The van der Waals surface area contributed by atoms with Gasteiger partial charge in [0.15, 0.2) is 5.82 Å². The fraction of sp³-hybridized carbons (Fsp3) is 0.263. The van der Waals surface area contributed by atoms with Gasteiger partial charge in [-0.25, -0.2) is 19.3 Å². The van der Waals surface area contributed by atoms with Gasteiger partial charge in [0.25, 0.3) is 0 Å². The fourth-order valence-electron chi connectivity index (χ4n) is 3.17. The number of piperazine rings is 1. The van der Waals surface area contributed by atoms with E-state index < -0.39 is 0 Å². The molecule has 1 atom stereocenters. The van der Waals surface area contributed by atoms with Crippen molar-refractivity contribution in [2.75, 3.05) is 29.4 Å². The Morgan fingerprint density at radius 1 is 1.00 bits per heavy atom. The molecule has 3 heterocycles. The van der Waals surface area contributed by atoms with Crippen molar-refractivity contribution in [1.29, 1.82) is 0 Å². The molecule has 3 aromatic rings. The summed E-state index contributed by atoms with van der Waals surface area (Å²) in [5.74, 6) is 1.82. The van der Waals surface area contributed by atoms with Gasteiger partial charge in [-0.15, -0.1) is 0 Å². The lowest BCUT2D eigenvalue weighted by Crippen LogP contribution is -2.53. The van der Waals surface area contributed by atoms with Crippen LogP contribution in [0.2, 0.25) is 0 Å². The monoisotopic (exact) mass is 350 g/mol. The third-order valence-corrected chi connectivity index (χ3v) is 4.51. The molecule has 1 aliphatic rings. The van der Waals surface area contributed by atoms with Crippen LogP contribution in [0.3, 0.4) is 0 Å². The van der Waals surface area contributed by atoms with Crippen LogP contribution in [0.1, 0.15) is 6.92 Å². The highest BCUT2D eigenvalue weighted by molar-refractivity contribution is 5.56. The predicted molar refractivity (Wildman–Crippen MR) is 98.5 cm³/mol. The van der Waals surface area contributed by atoms with E-state index in [9.17, 15) is 4.39 Å². The van der Waals surface area contributed by atoms with E-state index in [-0.39, 0.29) is 11.9 Å². The lowest BCUT2D eigenvalue weighted by Gasteiger charge is -2.40. The minimum atomic E-state index is -0.320. The molecule has 0 amide bonds. The molecule has 1 aromatic carbocycles. The summed E-state index contributed by atoms with van der Waals surface area (Å²) in [5.41, 5.74) is 0.970. The highest BCUT2D eigenvalue weighted by Gasteiger charge is 2.26. The molecule has 1 aliphatic heterocycles. The highest BCUT2D eigenvalue weighted by Crippen LogP contribution is 2.22. The van der Waals surface area contributed by atoms with Crippen LogP contribution in [0, 0.1) is 5.82 Å². The van der Waals surface area contributed by atoms with Crippen molar-refractivity contribution in [3.8, 4) is 11.4 Å². The van der Waals surface area contributed by atoms with Crippen LogP contribution in [0.4, 0.5) is 16.2 Å². The predicted octanol–water partition coefficient (Wildman–Crippen LogP) is 2.79. The standard InChI is InChI=1S/C19H19FN6/c1-14-12-25(17-8-7-16(20)11-21-17)9-10-26(14)19-23-13-22-18(24-19)15-5-3-2-4-6-15/h2-8,11,13-14H,9-10,12H2,1H3. The Hall–Kier alpha value is -3.09. The molecule has 6 nitrogen and oxygen atoms in total. The van der Waals surface area contributed by atoms with Gasteiger partial charge in [0, 0.05) is 31.2 Å². The Morgan fingerprint density at radius 3 is 2.58 bits per heavy atom. The van der Waals surface area contributed by atoms with Crippen molar-refractivity contribution in [3.63, 3.8) is 0 Å². The zero-order chi connectivity index (χ0) is 17.9. The van der Waals surface area contributed by atoms with Gasteiger partial charge in [-0.05, 0) is 19.1 Å². The van der Waals surface area contributed by atoms with Gasteiger partial charge in [-0.3, -0.25) is 0 Å². The largest absolute Gasteiger partial charge is 0.353 e. The minimum absolute atomic E-state index is 0.196. The minimum Gasteiger partial charge on any atom is -0.353 e. The van der Waals surface area contributed by atoms with Crippen molar-refractivity contribution in [2.24, 2.45) is 0 Å².